The third-order valence-electron chi connectivity index (χ3n) is 4.01. The topological polar surface area (TPSA) is 52.6 Å². The maximum Gasteiger partial charge on any atom is 0.225 e. The maximum atomic E-state index is 12.0. The van der Waals surface area contributed by atoms with Crippen LogP contribution in [0, 0.1) is 6.92 Å². The number of rotatable bonds is 5. The van der Waals surface area contributed by atoms with Crippen molar-refractivity contribution in [3.63, 3.8) is 0 Å². The van der Waals surface area contributed by atoms with Crippen molar-refractivity contribution in [2.24, 2.45) is 0 Å². The van der Waals surface area contributed by atoms with Crippen molar-refractivity contribution in [1.29, 1.82) is 0 Å². The van der Waals surface area contributed by atoms with Gasteiger partial charge in [-0.25, -0.2) is 0 Å². The van der Waals surface area contributed by atoms with Gasteiger partial charge >= 0.3 is 0 Å². The zero-order chi connectivity index (χ0) is 14.4. The Hall–Kier alpha value is -1.39. The van der Waals surface area contributed by atoms with Gasteiger partial charge in [-0.3, -0.25) is 9.69 Å². The summed E-state index contributed by atoms with van der Waals surface area (Å²) in [5, 5.41) is 12.3. The summed E-state index contributed by atoms with van der Waals surface area (Å²) in [6.07, 6.45) is 3.85. The molecule has 4 nitrogen and oxygen atoms in total. The van der Waals surface area contributed by atoms with Gasteiger partial charge < -0.3 is 10.4 Å². The Labute approximate surface area is 120 Å². The van der Waals surface area contributed by atoms with Crippen molar-refractivity contribution in [3.05, 3.63) is 29.8 Å². The number of hydrogen-bond donors (Lipinski definition) is 2. The van der Waals surface area contributed by atoms with Crippen LogP contribution < -0.4 is 5.32 Å². The first-order chi connectivity index (χ1) is 9.70. The van der Waals surface area contributed by atoms with Crippen LogP contribution in [-0.4, -0.2) is 41.7 Å². The Morgan fingerprint density at radius 2 is 2.20 bits per heavy atom. The smallest absolute Gasteiger partial charge is 0.225 e. The third-order valence-corrected chi connectivity index (χ3v) is 4.01. The van der Waals surface area contributed by atoms with Gasteiger partial charge in [0.1, 0.15) is 0 Å². The van der Waals surface area contributed by atoms with Gasteiger partial charge in [0, 0.05) is 24.7 Å². The highest BCUT2D eigenvalue weighted by Crippen LogP contribution is 2.17. The van der Waals surface area contributed by atoms with Gasteiger partial charge in [-0.2, -0.15) is 0 Å². The van der Waals surface area contributed by atoms with Crippen LogP contribution in [0.4, 0.5) is 5.69 Å². The van der Waals surface area contributed by atoms with Crippen molar-refractivity contribution in [2.45, 2.75) is 38.6 Å². The number of piperidine rings is 1. The molecular weight excluding hydrogens is 252 g/mol. The molecule has 110 valence electrons. The zero-order valence-corrected chi connectivity index (χ0v) is 12.1. The molecule has 0 saturated carbocycles. The minimum atomic E-state index is 0.0431. The molecule has 1 aliphatic rings. The normalized spacial score (nSPS) is 19.8. The molecule has 2 N–H and O–H groups in total. The van der Waals surface area contributed by atoms with Crippen molar-refractivity contribution >= 4 is 11.6 Å². The summed E-state index contributed by atoms with van der Waals surface area (Å²) in [4.78, 5) is 14.2. The lowest BCUT2D eigenvalue weighted by Gasteiger charge is -2.34. The van der Waals surface area contributed by atoms with E-state index in [0.717, 1.165) is 37.2 Å². The lowest BCUT2D eigenvalue weighted by molar-refractivity contribution is -0.116. The number of anilines is 1. The number of aliphatic hydroxyl groups excluding tert-OH is 1. The third kappa shape index (κ3) is 4.05. The summed E-state index contributed by atoms with van der Waals surface area (Å²) in [5.74, 6) is 0.0431. The molecule has 1 heterocycles. The molecule has 4 heteroatoms. The van der Waals surface area contributed by atoms with E-state index in [1.54, 1.807) is 0 Å². The number of carbonyl (C=O) groups is 1. The number of amides is 1. The molecule has 0 spiro atoms. The molecule has 0 aromatic heterocycles. The van der Waals surface area contributed by atoms with Gasteiger partial charge in [-0.15, -0.1) is 0 Å². The molecule has 1 aliphatic heterocycles. The fraction of sp³-hybridized carbons (Fsp3) is 0.562. The second kappa shape index (κ2) is 7.41. The molecular formula is C16H24N2O2. The van der Waals surface area contributed by atoms with E-state index in [1.807, 2.05) is 31.2 Å². The van der Waals surface area contributed by atoms with Crippen LogP contribution in [0.15, 0.2) is 24.3 Å². The van der Waals surface area contributed by atoms with E-state index in [9.17, 15) is 9.90 Å². The van der Waals surface area contributed by atoms with E-state index in [2.05, 4.69) is 10.2 Å². The number of carbonyl (C=O) groups excluding carboxylic acids is 1. The number of nitrogens with zero attached hydrogens (tertiary/aromatic N) is 1. The molecule has 1 atom stereocenters. The first-order valence-corrected chi connectivity index (χ1v) is 7.41. The summed E-state index contributed by atoms with van der Waals surface area (Å²) < 4.78 is 0. The molecule has 2 rings (SSSR count). The first kappa shape index (κ1) is 15.0. The molecule has 0 bridgehead atoms. The van der Waals surface area contributed by atoms with Crippen molar-refractivity contribution in [1.82, 2.24) is 4.90 Å². The summed E-state index contributed by atoms with van der Waals surface area (Å²) in [6, 6.07) is 8.03. The highest BCUT2D eigenvalue weighted by atomic mass is 16.3. The number of aryl methyl sites for hydroxylation is 1. The Morgan fingerprint density at radius 3 is 2.95 bits per heavy atom. The fourth-order valence-electron chi connectivity index (χ4n) is 2.73. The first-order valence-electron chi connectivity index (χ1n) is 7.41. The van der Waals surface area contributed by atoms with E-state index >= 15 is 0 Å². The standard InChI is InChI=1S/C16H24N2O2/c1-13-6-2-3-8-15(13)17-16(20)9-11-18-10-5-4-7-14(18)12-19/h2-3,6,8,14,19H,4-5,7,9-12H2,1H3,(H,17,20). The maximum absolute atomic E-state index is 12.0. The number of aliphatic hydroxyl groups is 1. The molecule has 20 heavy (non-hydrogen) atoms. The Morgan fingerprint density at radius 1 is 1.40 bits per heavy atom. The van der Waals surface area contributed by atoms with Gasteiger partial charge in [0.2, 0.25) is 5.91 Å². The van der Waals surface area contributed by atoms with Crippen molar-refractivity contribution < 1.29 is 9.90 Å². The Kier molecular flexibility index (Phi) is 5.56. The number of benzene rings is 1. The highest BCUT2D eigenvalue weighted by molar-refractivity contribution is 5.91. The molecule has 1 fully saturated rings. The second-order valence-corrected chi connectivity index (χ2v) is 5.48. The predicted molar refractivity (Wildman–Crippen MR) is 80.7 cm³/mol. The molecule has 1 amide bonds. The number of likely N-dealkylation sites (tertiary alicyclic amines) is 1. The summed E-state index contributed by atoms with van der Waals surface area (Å²) in [5.41, 5.74) is 1.96. The van der Waals surface area contributed by atoms with Crippen LogP contribution in [0.2, 0.25) is 0 Å². The minimum Gasteiger partial charge on any atom is -0.395 e. The van der Waals surface area contributed by atoms with Gasteiger partial charge in [0.25, 0.3) is 0 Å². The highest BCUT2D eigenvalue weighted by Gasteiger charge is 2.21. The Bertz CT molecular complexity index is 448. The molecule has 0 radical (unpaired) electrons. The quantitative estimate of drug-likeness (QED) is 0.866. The van der Waals surface area contributed by atoms with Crippen LogP contribution in [0.5, 0.6) is 0 Å². The predicted octanol–water partition coefficient (Wildman–Crippen LogP) is 2.17. The average Bonchev–Trinajstić information content (AvgIpc) is 2.48. The van der Waals surface area contributed by atoms with E-state index in [-0.39, 0.29) is 18.6 Å². The number of para-hydroxylation sites is 1. The average molecular weight is 276 g/mol. The Balaban J connectivity index is 1.81. The monoisotopic (exact) mass is 276 g/mol. The van der Waals surface area contributed by atoms with Gasteiger partial charge in [-0.1, -0.05) is 24.6 Å². The molecule has 1 aromatic carbocycles. The fourth-order valence-corrected chi connectivity index (χ4v) is 2.73. The van der Waals surface area contributed by atoms with Crippen LogP contribution in [0.25, 0.3) is 0 Å². The molecule has 1 unspecified atom stereocenters. The lowest BCUT2D eigenvalue weighted by atomic mass is 10.0. The SMILES string of the molecule is Cc1ccccc1NC(=O)CCN1CCCCC1CO. The van der Waals surface area contributed by atoms with Gasteiger partial charge in [-0.05, 0) is 37.9 Å². The molecule has 0 aliphatic carbocycles. The van der Waals surface area contributed by atoms with Crippen LogP contribution in [-0.2, 0) is 4.79 Å². The lowest BCUT2D eigenvalue weighted by Crippen LogP contribution is -2.43. The second-order valence-electron chi connectivity index (χ2n) is 5.48. The van der Waals surface area contributed by atoms with E-state index in [0.29, 0.717) is 6.42 Å². The van der Waals surface area contributed by atoms with Crippen molar-refractivity contribution in [2.75, 3.05) is 25.0 Å². The van der Waals surface area contributed by atoms with Crippen LogP contribution >= 0.6 is 0 Å². The van der Waals surface area contributed by atoms with E-state index < -0.39 is 0 Å². The molecule has 1 aromatic rings. The van der Waals surface area contributed by atoms with E-state index in [1.165, 1.54) is 6.42 Å². The number of nitrogens with one attached hydrogen (secondary N) is 1. The van der Waals surface area contributed by atoms with Crippen LogP contribution in [0.3, 0.4) is 0 Å². The largest absolute Gasteiger partial charge is 0.395 e. The summed E-state index contributed by atoms with van der Waals surface area (Å²) in [7, 11) is 0. The van der Waals surface area contributed by atoms with Crippen molar-refractivity contribution in [3.8, 4) is 0 Å². The summed E-state index contributed by atoms with van der Waals surface area (Å²) >= 11 is 0. The minimum absolute atomic E-state index is 0.0431. The van der Waals surface area contributed by atoms with Crippen LogP contribution in [0.1, 0.15) is 31.2 Å². The number of hydrogen-bond acceptors (Lipinski definition) is 3. The van der Waals surface area contributed by atoms with Gasteiger partial charge in [0.05, 0.1) is 6.61 Å². The molecule has 1 saturated heterocycles. The zero-order valence-electron chi connectivity index (χ0n) is 12.1. The summed E-state index contributed by atoms with van der Waals surface area (Å²) in [6.45, 7) is 3.90. The van der Waals surface area contributed by atoms with E-state index in [4.69, 9.17) is 0 Å². The van der Waals surface area contributed by atoms with Gasteiger partial charge in [0.15, 0.2) is 0 Å².